The van der Waals surface area contributed by atoms with Crippen molar-refractivity contribution in [2.75, 3.05) is 32.7 Å². The van der Waals surface area contributed by atoms with E-state index in [1.165, 1.54) is 0 Å². The standard InChI is InChI=1S/C20H24N4O3/c25-19(16-5-3-7-21-13-16)24-11-10-22(14-17-6-4-12-27-17)15-18(24)20(26)23-8-1-2-9-23/h3-7,12-13,18H,1-2,8-11,14-15H2. The third-order valence-electron chi connectivity index (χ3n) is 5.30. The molecule has 1 unspecified atom stereocenters. The summed E-state index contributed by atoms with van der Waals surface area (Å²) in [4.78, 5) is 36.0. The maximum absolute atomic E-state index is 13.2. The van der Waals surface area contributed by atoms with Gasteiger partial charge in [0.1, 0.15) is 11.8 Å². The van der Waals surface area contributed by atoms with Crippen LogP contribution in [-0.2, 0) is 11.3 Å². The van der Waals surface area contributed by atoms with E-state index in [0.29, 0.717) is 31.7 Å². The van der Waals surface area contributed by atoms with Crippen LogP contribution in [0.3, 0.4) is 0 Å². The number of amides is 2. The Kier molecular flexibility index (Phi) is 5.20. The van der Waals surface area contributed by atoms with E-state index in [-0.39, 0.29) is 11.8 Å². The van der Waals surface area contributed by atoms with Crippen molar-refractivity contribution in [3.05, 3.63) is 54.2 Å². The van der Waals surface area contributed by atoms with Crippen LogP contribution >= 0.6 is 0 Å². The largest absolute Gasteiger partial charge is 0.468 e. The van der Waals surface area contributed by atoms with Gasteiger partial charge in [-0.05, 0) is 37.1 Å². The van der Waals surface area contributed by atoms with Gasteiger partial charge in [0, 0.05) is 45.1 Å². The predicted octanol–water partition coefficient (Wildman–Crippen LogP) is 1.62. The molecule has 7 heteroatoms. The topological polar surface area (TPSA) is 69.9 Å². The first-order valence-corrected chi connectivity index (χ1v) is 9.47. The van der Waals surface area contributed by atoms with E-state index >= 15 is 0 Å². The lowest BCUT2D eigenvalue weighted by molar-refractivity contribution is -0.137. The molecule has 142 valence electrons. The lowest BCUT2D eigenvalue weighted by Gasteiger charge is -2.41. The number of nitrogens with zero attached hydrogens (tertiary/aromatic N) is 4. The smallest absolute Gasteiger partial charge is 0.256 e. The second-order valence-electron chi connectivity index (χ2n) is 7.10. The van der Waals surface area contributed by atoms with Gasteiger partial charge < -0.3 is 14.2 Å². The minimum Gasteiger partial charge on any atom is -0.468 e. The van der Waals surface area contributed by atoms with Crippen LogP contribution in [0.15, 0.2) is 47.3 Å². The molecule has 4 heterocycles. The normalized spacial score (nSPS) is 20.8. The molecule has 2 saturated heterocycles. The summed E-state index contributed by atoms with van der Waals surface area (Å²) in [6.45, 7) is 3.94. The van der Waals surface area contributed by atoms with Crippen LogP contribution in [0.2, 0.25) is 0 Å². The molecule has 2 aliphatic rings. The molecular weight excluding hydrogens is 344 g/mol. The lowest BCUT2D eigenvalue weighted by atomic mass is 10.1. The molecule has 2 amide bonds. The maximum atomic E-state index is 13.2. The fourth-order valence-corrected chi connectivity index (χ4v) is 3.86. The zero-order valence-electron chi connectivity index (χ0n) is 15.3. The van der Waals surface area contributed by atoms with Gasteiger partial charge in [0.2, 0.25) is 5.91 Å². The third-order valence-corrected chi connectivity index (χ3v) is 5.30. The first-order valence-electron chi connectivity index (χ1n) is 9.47. The Morgan fingerprint density at radius 2 is 1.96 bits per heavy atom. The van der Waals surface area contributed by atoms with Crippen molar-refractivity contribution in [2.45, 2.75) is 25.4 Å². The molecular formula is C20H24N4O3. The summed E-state index contributed by atoms with van der Waals surface area (Å²) in [5, 5.41) is 0. The molecule has 0 radical (unpaired) electrons. The number of likely N-dealkylation sites (tertiary alicyclic amines) is 1. The number of hydrogen-bond acceptors (Lipinski definition) is 5. The van der Waals surface area contributed by atoms with Crippen molar-refractivity contribution in [3.8, 4) is 0 Å². The number of hydrogen-bond donors (Lipinski definition) is 0. The number of aromatic nitrogens is 1. The van der Waals surface area contributed by atoms with Crippen molar-refractivity contribution in [3.63, 3.8) is 0 Å². The third kappa shape index (κ3) is 3.88. The van der Waals surface area contributed by atoms with E-state index in [4.69, 9.17) is 4.42 Å². The summed E-state index contributed by atoms with van der Waals surface area (Å²) in [5.74, 6) is 0.793. The summed E-state index contributed by atoms with van der Waals surface area (Å²) >= 11 is 0. The van der Waals surface area contributed by atoms with E-state index in [1.807, 2.05) is 17.0 Å². The summed E-state index contributed by atoms with van der Waals surface area (Å²) in [7, 11) is 0. The average molecular weight is 368 g/mol. The SMILES string of the molecule is O=C(C1CN(Cc2ccco2)CCN1C(=O)c1cccnc1)N1CCCC1. The number of carbonyl (C=O) groups excluding carboxylic acids is 2. The molecule has 0 saturated carbocycles. The lowest BCUT2D eigenvalue weighted by Crippen LogP contribution is -2.60. The predicted molar refractivity (Wildman–Crippen MR) is 98.9 cm³/mol. The van der Waals surface area contributed by atoms with E-state index in [0.717, 1.165) is 31.7 Å². The van der Waals surface area contributed by atoms with E-state index in [2.05, 4.69) is 9.88 Å². The van der Waals surface area contributed by atoms with Gasteiger partial charge in [0.25, 0.3) is 5.91 Å². The minimum absolute atomic E-state index is 0.0499. The van der Waals surface area contributed by atoms with Crippen LogP contribution in [0, 0.1) is 0 Å². The van der Waals surface area contributed by atoms with Crippen molar-refractivity contribution in [1.29, 1.82) is 0 Å². The van der Waals surface area contributed by atoms with Gasteiger partial charge in [-0.2, -0.15) is 0 Å². The molecule has 0 aromatic carbocycles. The summed E-state index contributed by atoms with van der Waals surface area (Å²) in [5.41, 5.74) is 0.524. The molecule has 2 aliphatic heterocycles. The van der Waals surface area contributed by atoms with Crippen LogP contribution < -0.4 is 0 Å². The highest BCUT2D eigenvalue weighted by Crippen LogP contribution is 2.20. The van der Waals surface area contributed by atoms with Gasteiger partial charge in [-0.3, -0.25) is 19.5 Å². The van der Waals surface area contributed by atoms with Crippen LogP contribution in [0.1, 0.15) is 29.0 Å². The van der Waals surface area contributed by atoms with E-state index < -0.39 is 6.04 Å². The monoisotopic (exact) mass is 368 g/mol. The molecule has 27 heavy (non-hydrogen) atoms. The molecule has 2 aromatic rings. The Bertz CT molecular complexity index is 772. The first-order chi connectivity index (χ1) is 13.2. The van der Waals surface area contributed by atoms with Crippen LogP contribution in [-0.4, -0.2) is 70.3 Å². The molecule has 2 fully saturated rings. The maximum Gasteiger partial charge on any atom is 0.256 e. The number of furan rings is 1. The molecule has 0 bridgehead atoms. The Balaban J connectivity index is 1.54. The van der Waals surface area contributed by atoms with Gasteiger partial charge >= 0.3 is 0 Å². The zero-order valence-corrected chi connectivity index (χ0v) is 15.3. The Morgan fingerprint density at radius 3 is 2.67 bits per heavy atom. The summed E-state index contributed by atoms with van der Waals surface area (Å²) < 4.78 is 5.45. The fourth-order valence-electron chi connectivity index (χ4n) is 3.86. The van der Waals surface area contributed by atoms with E-state index in [9.17, 15) is 9.59 Å². The second kappa shape index (κ2) is 7.92. The fraction of sp³-hybridized carbons (Fsp3) is 0.450. The Labute approximate surface area is 158 Å². The molecule has 7 nitrogen and oxygen atoms in total. The molecule has 1 atom stereocenters. The van der Waals surface area contributed by atoms with Crippen molar-refractivity contribution in [1.82, 2.24) is 19.7 Å². The van der Waals surface area contributed by atoms with Gasteiger partial charge in [-0.25, -0.2) is 0 Å². The highest BCUT2D eigenvalue weighted by Gasteiger charge is 2.38. The summed E-state index contributed by atoms with van der Waals surface area (Å²) in [6.07, 6.45) is 6.93. The van der Waals surface area contributed by atoms with Crippen LogP contribution in [0.5, 0.6) is 0 Å². The highest BCUT2D eigenvalue weighted by atomic mass is 16.3. The number of piperazine rings is 1. The van der Waals surface area contributed by atoms with Crippen LogP contribution in [0.4, 0.5) is 0 Å². The summed E-state index contributed by atoms with van der Waals surface area (Å²) in [6, 6.07) is 6.83. The molecule has 0 N–H and O–H groups in total. The molecule has 2 aromatic heterocycles. The van der Waals surface area contributed by atoms with Crippen LogP contribution in [0.25, 0.3) is 0 Å². The Hall–Kier alpha value is -2.67. The molecule has 0 aliphatic carbocycles. The van der Waals surface area contributed by atoms with Crippen molar-refractivity contribution >= 4 is 11.8 Å². The second-order valence-corrected chi connectivity index (χ2v) is 7.10. The van der Waals surface area contributed by atoms with Crippen molar-refractivity contribution < 1.29 is 14.0 Å². The molecule has 4 rings (SSSR count). The number of carbonyl (C=O) groups is 2. The van der Waals surface area contributed by atoms with Gasteiger partial charge in [-0.1, -0.05) is 0 Å². The minimum atomic E-state index is -0.473. The zero-order chi connectivity index (χ0) is 18.6. The molecule has 0 spiro atoms. The number of rotatable bonds is 4. The Morgan fingerprint density at radius 1 is 1.11 bits per heavy atom. The first kappa shape index (κ1) is 17.7. The van der Waals surface area contributed by atoms with E-state index in [1.54, 1.807) is 35.7 Å². The van der Waals surface area contributed by atoms with Crippen molar-refractivity contribution in [2.24, 2.45) is 0 Å². The van der Waals surface area contributed by atoms with Gasteiger partial charge in [0.15, 0.2) is 0 Å². The van der Waals surface area contributed by atoms with Gasteiger partial charge in [0.05, 0.1) is 18.4 Å². The average Bonchev–Trinajstić information content (AvgIpc) is 3.42. The number of pyridine rings is 1. The highest BCUT2D eigenvalue weighted by molar-refractivity contribution is 5.97. The van der Waals surface area contributed by atoms with Gasteiger partial charge in [-0.15, -0.1) is 0 Å². The quantitative estimate of drug-likeness (QED) is 0.820.